The summed E-state index contributed by atoms with van der Waals surface area (Å²) in [5.74, 6) is -0.128. The molecule has 126 valence electrons. The third-order valence-electron chi connectivity index (χ3n) is 3.45. The number of carbonyl (C=O) groups is 1. The van der Waals surface area contributed by atoms with Crippen LogP contribution in [-0.2, 0) is 9.53 Å². The van der Waals surface area contributed by atoms with Gasteiger partial charge in [-0.1, -0.05) is 23.7 Å². The second-order valence-electron chi connectivity index (χ2n) is 5.00. The van der Waals surface area contributed by atoms with E-state index in [4.69, 9.17) is 21.1 Å². The van der Waals surface area contributed by atoms with Crippen molar-refractivity contribution in [2.75, 3.05) is 7.11 Å². The molecule has 0 N–H and O–H groups in total. The Kier molecular flexibility index (Phi) is 4.49. The van der Waals surface area contributed by atoms with E-state index in [1.165, 1.54) is 25.3 Å². The fourth-order valence-corrected chi connectivity index (χ4v) is 2.50. The van der Waals surface area contributed by atoms with E-state index in [0.29, 0.717) is 16.3 Å². The predicted molar refractivity (Wildman–Crippen MR) is 91.7 cm³/mol. The van der Waals surface area contributed by atoms with Crippen LogP contribution < -0.4 is 4.74 Å². The molecular formula is C17H11ClN2O5. The van der Waals surface area contributed by atoms with E-state index < -0.39 is 10.9 Å². The number of cyclic esters (lactones) is 1. The molecular weight excluding hydrogens is 348 g/mol. The van der Waals surface area contributed by atoms with Gasteiger partial charge >= 0.3 is 5.97 Å². The number of nitrogens with zero attached hydrogens (tertiary/aromatic N) is 2. The van der Waals surface area contributed by atoms with Gasteiger partial charge in [-0.15, -0.1) is 0 Å². The van der Waals surface area contributed by atoms with Crippen molar-refractivity contribution >= 4 is 35.2 Å². The number of halogens is 1. The van der Waals surface area contributed by atoms with Crippen molar-refractivity contribution < 1.29 is 19.2 Å². The Morgan fingerprint density at radius 1 is 1.28 bits per heavy atom. The number of ether oxygens (including phenoxy) is 2. The van der Waals surface area contributed by atoms with Crippen LogP contribution in [0.3, 0.4) is 0 Å². The summed E-state index contributed by atoms with van der Waals surface area (Å²) in [6.45, 7) is 0. The van der Waals surface area contributed by atoms with Crippen LogP contribution in [0.2, 0.25) is 5.02 Å². The predicted octanol–water partition coefficient (Wildman–Crippen LogP) is 3.60. The summed E-state index contributed by atoms with van der Waals surface area (Å²) in [4.78, 5) is 26.7. The lowest BCUT2D eigenvalue weighted by atomic mass is 10.1. The lowest BCUT2D eigenvalue weighted by molar-refractivity contribution is -0.385. The molecule has 8 heteroatoms. The second-order valence-corrected chi connectivity index (χ2v) is 5.40. The smallest absolute Gasteiger partial charge is 0.363 e. The highest BCUT2D eigenvalue weighted by Crippen LogP contribution is 2.28. The number of rotatable bonds is 4. The third-order valence-corrected chi connectivity index (χ3v) is 3.77. The van der Waals surface area contributed by atoms with Gasteiger partial charge in [0.2, 0.25) is 5.90 Å². The molecule has 0 bridgehead atoms. The number of methoxy groups -OCH3 is 1. The molecule has 7 nitrogen and oxygen atoms in total. The average Bonchev–Trinajstić information content (AvgIpc) is 2.95. The van der Waals surface area contributed by atoms with Gasteiger partial charge < -0.3 is 9.47 Å². The van der Waals surface area contributed by atoms with E-state index in [9.17, 15) is 14.9 Å². The summed E-state index contributed by atoms with van der Waals surface area (Å²) in [6, 6.07) is 10.9. The summed E-state index contributed by atoms with van der Waals surface area (Å²) in [5.41, 5.74) is 0.497. The van der Waals surface area contributed by atoms with E-state index in [1.807, 2.05) is 0 Å². The molecule has 0 aliphatic carbocycles. The molecule has 0 radical (unpaired) electrons. The summed E-state index contributed by atoms with van der Waals surface area (Å²) in [6.07, 6.45) is 1.31. The van der Waals surface area contributed by atoms with Gasteiger partial charge in [-0.3, -0.25) is 10.1 Å². The average molecular weight is 359 g/mol. The Labute approximate surface area is 147 Å². The zero-order valence-electron chi connectivity index (χ0n) is 12.9. The van der Waals surface area contributed by atoms with Crippen LogP contribution in [-0.4, -0.2) is 23.9 Å². The first-order chi connectivity index (χ1) is 12.0. The van der Waals surface area contributed by atoms with Crippen LogP contribution in [0, 0.1) is 10.1 Å². The molecule has 1 aliphatic rings. The van der Waals surface area contributed by atoms with Gasteiger partial charge in [0.15, 0.2) is 5.70 Å². The van der Waals surface area contributed by atoms with Crippen molar-refractivity contribution in [3.05, 3.63) is 74.4 Å². The van der Waals surface area contributed by atoms with Crippen molar-refractivity contribution in [2.45, 2.75) is 0 Å². The van der Waals surface area contributed by atoms with Gasteiger partial charge in [-0.05, 0) is 30.3 Å². The van der Waals surface area contributed by atoms with Gasteiger partial charge in [0, 0.05) is 6.07 Å². The minimum atomic E-state index is -0.708. The number of para-hydroxylation sites is 1. The first-order valence-electron chi connectivity index (χ1n) is 7.09. The van der Waals surface area contributed by atoms with Crippen LogP contribution in [0.1, 0.15) is 11.1 Å². The molecule has 1 heterocycles. The number of nitro groups is 1. The largest absolute Gasteiger partial charge is 0.497 e. The van der Waals surface area contributed by atoms with E-state index in [0.717, 1.165) is 0 Å². The molecule has 3 rings (SSSR count). The van der Waals surface area contributed by atoms with E-state index in [1.54, 1.807) is 30.3 Å². The molecule has 0 unspecified atom stereocenters. The molecule has 2 aromatic carbocycles. The van der Waals surface area contributed by atoms with Crippen LogP contribution in [0.15, 0.2) is 53.2 Å². The molecule has 0 saturated heterocycles. The lowest BCUT2D eigenvalue weighted by Crippen LogP contribution is -2.06. The van der Waals surface area contributed by atoms with E-state index in [-0.39, 0.29) is 22.8 Å². The Balaban J connectivity index is 2.00. The van der Waals surface area contributed by atoms with Crippen molar-refractivity contribution in [3.63, 3.8) is 0 Å². The minimum absolute atomic E-state index is 0.0301. The number of aliphatic imine (C=N–C) groups is 1. The first-order valence-corrected chi connectivity index (χ1v) is 7.47. The highest BCUT2D eigenvalue weighted by atomic mass is 35.5. The number of hydrogen-bond donors (Lipinski definition) is 0. The number of esters is 1. The van der Waals surface area contributed by atoms with Gasteiger partial charge in [-0.2, -0.15) is 0 Å². The summed E-state index contributed by atoms with van der Waals surface area (Å²) in [5, 5.41) is 11.4. The zero-order chi connectivity index (χ0) is 18.0. The third kappa shape index (κ3) is 3.36. The van der Waals surface area contributed by atoms with Gasteiger partial charge in [0.1, 0.15) is 5.75 Å². The van der Waals surface area contributed by atoms with Crippen LogP contribution in [0.4, 0.5) is 5.69 Å². The second kappa shape index (κ2) is 6.74. The van der Waals surface area contributed by atoms with Crippen molar-refractivity contribution in [1.82, 2.24) is 0 Å². The standard InChI is InChI=1S/C17H11ClN2O5/c1-24-11-6-7-12(13(18)9-11)16-19-14(17(21)25-16)8-10-4-2-3-5-15(10)20(22)23/h2-9H,1H3/b14-8-. The number of nitro benzene ring substituents is 1. The van der Waals surface area contributed by atoms with E-state index in [2.05, 4.69) is 4.99 Å². The first kappa shape index (κ1) is 16.7. The summed E-state index contributed by atoms with van der Waals surface area (Å²) < 4.78 is 10.2. The molecule has 0 atom stereocenters. The van der Waals surface area contributed by atoms with Crippen LogP contribution >= 0.6 is 11.6 Å². The summed E-state index contributed by atoms with van der Waals surface area (Å²) in [7, 11) is 1.51. The zero-order valence-corrected chi connectivity index (χ0v) is 13.7. The number of benzene rings is 2. The molecule has 1 aliphatic heterocycles. The van der Waals surface area contributed by atoms with Crippen molar-refractivity contribution in [2.24, 2.45) is 4.99 Å². The van der Waals surface area contributed by atoms with Crippen molar-refractivity contribution in [3.8, 4) is 5.75 Å². The van der Waals surface area contributed by atoms with Crippen molar-refractivity contribution in [1.29, 1.82) is 0 Å². The molecule has 0 amide bonds. The van der Waals surface area contributed by atoms with Gasteiger partial charge in [-0.25, -0.2) is 9.79 Å². The van der Waals surface area contributed by atoms with Gasteiger partial charge in [0.25, 0.3) is 5.69 Å². The fourth-order valence-electron chi connectivity index (χ4n) is 2.24. The van der Waals surface area contributed by atoms with E-state index >= 15 is 0 Å². The highest BCUT2D eigenvalue weighted by molar-refractivity contribution is 6.34. The monoisotopic (exact) mass is 358 g/mol. The van der Waals surface area contributed by atoms with Crippen LogP contribution in [0.5, 0.6) is 5.75 Å². The Bertz CT molecular complexity index is 936. The molecule has 0 aromatic heterocycles. The molecule has 0 spiro atoms. The SMILES string of the molecule is COc1ccc(C2=N/C(=C\c3ccccc3[N+](=O)[O-])C(=O)O2)c(Cl)c1. The molecule has 25 heavy (non-hydrogen) atoms. The lowest BCUT2D eigenvalue weighted by Gasteiger charge is -2.05. The maximum atomic E-state index is 12.0. The Morgan fingerprint density at radius 2 is 2.04 bits per heavy atom. The molecule has 0 fully saturated rings. The highest BCUT2D eigenvalue weighted by Gasteiger charge is 2.26. The quantitative estimate of drug-likeness (QED) is 0.360. The maximum Gasteiger partial charge on any atom is 0.363 e. The number of carbonyl (C=O) groups excluding carboxylic acids is 1. The molecule has 0 saturated carbocycles. The fraction of sp³-hybridized carbons (Fsp3) is 0.0588. The topological polar surface area (TPSA) is 91.0 Å². The molecule has 2 aromatic rings. The maximum absolute atomic E-state index is 12.0. The van der Waals surface area contributed by atoms with Gasteiger partial charge in [0.05, 0.1) is 28.2 Å². The minimum Gasteiger partial charge on any atom is -0.497 e. The number of hydrogen-bond acceptors (Lipinski definition) is 6. The Morgan fingerprint density at radius 3 is 2.72 bits per heavy atom. The summed E-state index contributed by atoms with van der Waals surface area (Å²) >= 11 is 6.15. The normalized spacial score (nSPS) is 15.0. The van der Waals surface area contributed by atoms with Crippen LogP contribution in [0.25, 0.3) is 6.08 Å². The Hall–Kier alpha value is -3.19.